The highest BCUT2D eigenvalue weighted by Gasteiger charge is 2.19. The Balaban J connectivity index is 0.00000195. The zero-order chi connectivity index (χ0) is 27.7. The zero-order valence-corrected chi connectivity index (χ0v) is 23.3. The summed E-state index contributed by atoms with van der Waals surface area (Å²) in [5.41, 5.74) is 2.19. The largest absolute Gasteiger partial charge is 0.478 e. The number of piperidine rings is 1. The SMILES string of the molecule is CC.CNC(=O)COc1cc2cc(Nc3nc(N4CCCC(C)C4)ncc3C)ccc2n(CCOC)c1=O. The number of carbonyl (C=O) groups excluding carboxylic acids is 1. The van der Waals surface area contributed by atoms with Crippen LogP contribution in [0.1, 0.15) is 39.2 Å². The Morgan fingerprint density at radius 3 is 2.74 bits per heavy atom. The Morgan fingerprint density at radius 2 is 2.03 bits per heavy atom. The zero-order valence-electron chi connectivity index (χ0n) is 23.3. The Labute approximate surface area is 224 Å². The van der Waals surface area contributed by atoms with Crippen LogP contribution in [-0.2, 0) is 16.1 Å². The van der Waals surface area contributed by atoms with Crippen LogP contribution in [0.15, 0.2) is 35.3 Å². The predicted molar refractivity (Wildman–Crippen MR) is 152 cm³/mol. The van der Waals surface area contributed by atoms with Crippen LogP contribution in [0.2, 0.25) is 0 Å². The number of hydrogen-bond donors (Lipinski definition) is 2. The second-order valence-corrected chi connectivity index (χ2v) is 9.21. The first-order chi connectivity index (χ1) is 18.4. The number of fused-ring (bicyclic) bond motifs is 1. The molecule has 2 aromatic heterocycles. The fraction of sp³-hybridized carbons (Fsp3) is 0.500. The van der Waals surface area contributed by atoms with E-state index in [0.29, 0.717) is 19.1 Å². The van der Waals surface area contributed by atoms with E-state index >= 15 is 0 Å². The third-order valence-electron chi connectivity index (χ3n) is 6.38. The van der Waals surface area contributed by atoms with Crippen molar-refractivity contribution in [3.63, 3.8) is 0 Å². The molecule has 0 bridgehead atoms. The molecule has 206 valence electrons. The lowest BCUT2D eigenvalue weighted by Crippen LogP contribution is -2.35. The molecule has 0 saturated carbocycles. The van der Waals surface area contributed by atoms with Crippen molar-refractivity contribution in [1.29, 1.82) is 0 Å². The lowest BCUT2D eigenvalue weighted by atomic mass is 10.0. The maximum absolute atomic E-state index is 13.0. The number of ether oxygens (including phenoxy) is 2. The molecule has 0 radical (unpaired) electrons. The first-order valence-corrected chi connectivity index (χ1v) is 13.2. The van der Waals surface area contributed by atoms with Crippen LogP contribution in [0.3, 0.4) is 0 Å². The van der Waals surface area contributed by atoms with Gasteiger partial charge in [-0.25, -0.2) is 4.98 Å². The number of pyridine rings is 1. The van der Waals surface area contributed by atoms with Crippen LogP contribution in [0.5, 0.6) is 5.75 Å². The van der Waals surface area contributed by atoms with E-state index in [4.69, 9.17) is 14.5 Å². The normalized spacial score (nSPS) is 15.0. The summed E-state index contributed by atoms with van der Waals surface area (Å²) < 4.78 is 12.4. The summed E-state index contributed by atoms with van der Waals surface area (Å²) in [6, 6.07) is 7.42. The van der Waals surface area contributed by atoms with Crippen molar-refractivity contribution in [3.05, 3.63) is 46.4 Å². The number of rotatable bonds is 9. The van der Waals surface area contributed by atoms with Crippen LogP contribution < -0.4 is 25.8 Å². The van der Waals surface area contributed by atoms with Crippen LogP contribution in [-0.4, -0.2) is 60.9 Å². The third-order valence-corrected chi connectivity index (χ3v) is 6.38. The highest BCUT2D eigenvalue weighted by atomic mass is 16.5. The van der Waals surface area contributed by atoms with Gasteiger partial charge in [-0.1, -0.05) is 20.8 Å². The Kier molecular flexibility index (Phi) is 10.5. The minimum Gasteiger partial charge on any atom is -0.478 e. The van der Waals surface area contributed by atoms with E-state index < -0.39 is 0 Å². The number of hydrogen-bond acceptors (Lipinski definition) is 8. The van der Waals surface area contributed by atoms with Gasteiger partial charge in [0.05, 0.1) is 12.1 Å². The van der Waals surface area contributed by atoms with Gasteiger partial charge in [0.15, 0.2) is 12.4 Å². The van der Waals surface area contributed by atoms with Gasteiger partial charge in [-0.15, -0.1) is 0 Å². The molecule has 3 heterocycles. The average molecular weight is 525 g/mol. The molecule has 2 N–H and O–H groups in total. The highest BCUT2D eigenvalue weighted by molar-refractivity contribution is 5.85. The van der Waals surface area contributed by atoms with Crippen LogP contribution in [0.25, 0.3) is 10.9 Å². The summed E-state index contributed by atoms with van der Waals surface area (Å²) in [7, 11) is 3.11. The molecule has 4 rings (SSSR count). The number of methoxy groups -OCH3 is 1. The number of likely N-dealkylation sites (N-methyl/N-ethyl adjacent to an activating group) is 1. The van der Waals surface area contributed by atoms with Gasteiger partial charge < -0.3 is 29.6 Å². The van der Waals surface area contributed by atoms with Crippen molar-refractivity contribution in [2.45, 2.75) is 47.1 Å². The average Bonchev–Trinajstić information content (AvgIpc) is 2.93. The van der Waals surface area contributed by atoms with Gasteiger partial charge in [-0.2, -0.15) is 4.98 Å². The van der Waals surface area contributed by atoms with Gasteiger partial charge in [0.25, 0.3) is 11.5 Å². The Bertz CT molecular complexity index is 1290. The molecule has 1 saturated heterocycles. The first-order valence-electron chi connectivity index (χ1n) is 13.2. The maximum atomic E-state index is 13.0. The molecule has 1 unspecified atom stereocenters. The molecule has 1 atom stereocenters. The van der Waals surface area contributed by atoms with Gasteiger partial charge in [0.2, 0.25) is 5.95 Å². The molecular weight excluding hydrogens is 484 g/mol. The van der Waals surface area contributed by atoms with E-state index in [0.717, 1.165) is 53.4 Å². The second-order valence-electron chi connectivity index (χ2n) is 9.21. The fourth-order valence-corrected chi connectivity index (χ4v) is 4.38. The monoisotopic (exact) mass is 524 g/mol. The number of amides is 1. The molecule has 1 aliphatic heterocycles. The minimum atomic E-state index is -0.313. The molecule has 1 fully saturated rings. The predicted octanol–water partition coefficient (Wildman–Crippen LogP) is 3.88. The molecule has 38 heavy (non-hydrogen) atoms. The van der Waals surface area contributed by atoms with Crippen molar-refractivity contribution in [2.24, 2.45) is 5.92 Å². The number of nitrogens with one attached hydrogen (secondary N) is 2. The molecule has 0 spiro atoms. The summed E-state index contributed by atoms with van der Waals surface area (Å²) in [4.78, 5) is 36.3. The van der Waals surface area contributed by atoms with Gasteiger partial charge in [-0.05, 0) is 49.9 Å². The lowest BCUT2D eigenvalue weighted by Gasteiger charge is -2.31. The van der Waals surface area contributed by atoms with E-state index in [1.54, 1.807) is 17.7 Å². The fourth-order valence-electron chi connectivity index (χ4n) is 4.38. The number of benzene rings is 1. The van der Waals surface area contributed by atoms with Crippen LogP contribution in [0, 0.1) is 12.8 Å². The molecule has 1 aromatic carbocycles. The summed E-state index contributed by atoms with van der Waals surface area (Å²) in [5, 5.41) is 6.70. The van der Waals surface area contributed by atoms with E-state index in [2.05, 4.69) is 27.4 Å². The summed E-state index contributed by atoms with van der Waals surface area (Å²) in [5.74, 6) is 1.89. The highest BCUT2D eigenvalue weighted by Crippen LogP contribution is 2.27. The van der Waals surface area contributed by atoms with Gasteiger partial charge in [0, 0.05) is 56.6 Å². The topological polar surface area (TPSA) is 111 Å². The molecular formula is C28H40N6O4. The van der Waals surface area contributed by atoms with Crippen LogP contribution in [0.4, 0.5) is 17.5 Å². The standard InChI is InChI=1S/C26H34N6O4.C2H6/c1-17-6-5-9-31(15-17)26-28-14-18(2)24(30-26)29-20-7-8-21-19(12-20)13-22(36-16-23(33)27-3)25(34)32(21)10-11-35-4;1-2/h7-8,12-14,17H,5-6,9-11,15-16H2,1-4H3,(H,27,33)(H,28,29,30);1-2H3. The van der Waals surface area contributed by atoms with E-state index in [1.807, 2.05) is 45.2 Å². The van der Waals surface area contributed by atoms with Crippen molar-refractivity contribution >= 4 is 34.3 Å². The quantitative estimate of drug-likeness (QED) is 0.434. The van der Waals surface area contributed by atoms with Crippen molar-refractivity contribution < 1.29 is 14.3 Å². The lowest BCUT2D eigenvalue weighted by molar-refractivity contribution is -0.122. The minimum absolute atomic E-state index is 0.110. The molecule has 10 heteroatoms. The summed E-state index contributed by atoms with van der Waals surface area (Å²) >= 11 is 0. The van der Waals surface area contributed by atoms with Crippen molar-refractivity contribution in [3.8, 4) is 5.75 Å². The third kappa shape index (κ3) is 7.00. The van der Waals surface area contributed by atoms with Gasteiger partial charge in [-0.3, -0.25) is 9.59 Å². The van der Waals surface area contributed by atoms with Crippen molar-refractivity contribution in [1.82, 2.24) is 19.9 Å². The summed E-state index contributed by atoms with van der Waals surface area (Å²) in [6.45, 7) is 10.6. The van der Waals surface area contributed by atoms with Crippen molar-refractivity contribution in [2.75, 3.05) is 50.7 Å². The molecule has 0 aliphatic carbocycles. The van der Waals surface area contributed by atoms with Crippen LogP contribution >= 0.6 is 0 Å². The first kappa shape index (κ1) is 28.9. The number of aromatic nitrogens is 3. The van der Waals surface area contributed by atoms with E-state index in [1.165, 1.54) is 13.5 Å². The van der Waals surface area contributed by atoms with Gasteiger partial charge >= 0.3 is 0 Å². The number of carbonyl (C=O) groups is 1. The van der Waals surface area contributed by atoms with E-state index in [-0.39, 0.29) is 23.8 Å². The van der Waals surface area contributed by atoms with Gasteiger partial charge in [0.1, 0.15) is 5.82 Å². The number of aryl methyl sites for hydroxylation is 1. The molecule has 1 aliphatic rings. The van der Waals surface area contributed by atoms with E-state index in [9.17, 15) is 9.59 Å². The molecule has 3 aromatic rings. The molecule has 10 nitrogen and oxygen atoms in total. The number of anilines is 3. The summed E-state index contributed by atoms with van der Waals surface area (Å²) in [6.07, 6.45) is 4.22. The Hall–Kier alpha value is -3.66. The number of nitrogens with zero attached hydrogens (tertiary/aromatic N) is 4. The molecule has 1 amide bonds. The smallest absolute Gasteiger partial charge is 0.293 e. The Morgan fingerprint density at radius 1 is 1.24 bits per heavy atom. The maximum Gasteiger partial charge on any atom is 0.293 e. The second kappa shape index (κ2) is 13.8.